The Morgan fingerprint density at radius 1 is 0.688 bits per heavy atom. The Bertz CT molecular complexity index is 1130. The molecule has 0 aromatic heterocycles. The average Bonchev–Trinajstić information content (AvgIpc) is 3.64. The van der Waals surface area contributed by atoms with Crippen LogP contribution in [0.3, 0.4) is 0 Å². The Morgan fingerprint density at radius 3 is 1.98 bits per heavy atom. The number of unbranched alkanes of at least 4 members (excludes halogenated alkanes) is 1. The van der Waals surface area contributed by atoms with Gasteiger partial charge in [0, 0.05) is 49.2 Å². The molecule has 3 rings (SSSR count). The van der Waals surface area contributed by atoms with Gasteiger partial charge in [0.05, 0.1) is 51.7 Å². The highest BCUT2D eigenvalue weighted by Crippen LogP contribution is 2.33. The van der Waals surface area contributed by atoms with E-state index in [1.165, 1.54) is 0 Å². The highest BCUT2D eigenvalue weighted by atomic mass is 32.2. The molecule has 0 unspecified atom stereocenters. The molecule has 0 spiro atoms. The zero-order valence-corrected chi connectivity index (χ0v) is 28.2. The molecule has 0 aliphatic carbocycles. The maximum atomic E-state index is 12.0. The second kappa shape index (κ2) is 23.8. The zero-order valence-electron chi connectivity index (χ0n) is 27.4. The van der Waals surface area contributed by atoms with Crippen molar-refractivity contribution in [3.8, 4) is 0 Å². The van der Waals surface area contributed by atoms with E-state index in [1.807, 2.05) is 17.8 Å². The first kappa shape index (κ1) is 39.0. The molecule has 2 fully saturated rings. The van der Waals surface area contributed by atoms with Crippen LogP contribution in [0.4, 0.5) is 4.79 Å². The summed E-state index contributed by atoms with van der Waals surface area (Å²) in [6.07, 6.45) is 3.80. The van der Waals surface area contributed by atoms with E-state index in [9.17, 15) is 24.0 Å². The minimum Gasteiger partial charge on any atom is -0.377 e. The van der Waals surface area contributed by atoms with Crippen molar-refractivity contribution in [1.82, 2.24) is 31.9 Å². The van der Waals surface area contributed by atoms with E-state index >= 15 is 0 Å². The summed E-state index contributed by atoms with van der Waals surface area (Å²) in [6.45, 7) is 3.16. The summed E-state index contributed by atoms with van der Waals surface area (Å²) in [7, 11) is 0. The average molecular weight is 695 g/mol. The van der Waals surface area contributed by atoms with Crippen LogP contribution in [-0.4, -0.2) is 132 Å². The molecular formula is C32H50N6O9S. The lowest BCUT2D eigenvalue weighted by molar-refractivity contribution is -0.127. The van der Waals surface area contributed by atoms with E-state index < -0.39 is 0 Å². The lowest BCUT2D eigenvalue weighted by atomic mass is 10.0. The van der Waals surface area contributed by atoms with Crippen LogP contribution in [0.1, 0.15) is 42.5 Å². The molecule has 6 N–H and O–H groups in total. The second-order valence-electron chi connectivity index (χ2n) is 11.2. The van der Waals surface area contributed by atoms with E-state index in [2.05, 4.69) is 31.9 Å². The van der Waals surface area contributed by atoms with Crippen molar-refractivity contribution in [2.75, 3.05) is 84.8 Å². The molecule has 2 heterocycles. The van der Waals surface area contributed by atoms with Crippen molar-refractivity contribution in [3.63, 3.8) is 0 Å². The van der Waals surface area contributed by atoms with Gasteiger partial charge in [-0.3, -0.25) is 19.2 Å². The molecule has 0 bridgehead atoms. The van der Waals surface area contributed by atoms with Crippen LogP contribution in [0.5, 0.6) is 0 Å². The summed E-state index contributed by atoms with van der Waals surface area (Å²) in [4.78, 5) is 59.1. The number of benzene rings is 1. The number of hydrogen-bond donors (Lipinski definition) is 6. The predicted molar refractivity (Wildman–Crippen MR) is 180 cm³/mol. The molecule has 15 nitrogen and oxygen atoms in total. The van der Waals surface area contributed by atoms with E-state index in [1.54, 1.807) is 24.3 Å². The summed E-state index contributed by atoms with van der Waals surface area (Å²) < 4.78 is 21.4. The van der Waals surface area contributed by atoms with Crippen molar-refractivity contribution in [1.29, 1.82) is 0 Å². The van der Waals surface area contributed by atoms with Crippen molar-refractivity contribution < 1.29 is 42.9 Å². The summed E-state index contributed by atoms with van der Waals surface area (Å²) >= 11 is 1.88. The Balaban J connectivity index is 0.995. The third kappa shape index (κ3) is 16.6. The lowest BCUT2D eigenvalue weighted by Gasteiger charge is -2.16. The first-order valence-corrected chi connectivity index (χ1v) is 17.6. The standard InChI is InChI=1S/C32H50N6O9S/c39-27(10-5-4-9-26-30-25(23-48-26)37-32(43)38-30)34-13-15-44-17-20-47-22-29(41)35-14-16-45-18-19-46-21-28(40)33-11-6-12-36-31(42)24-7-2-1-3-8-24/h1-3,7-8,25-26,30H,4-6,9-23H2,(H,33,40)(H,34,39)(H,35,41)(H,36,42)(H2,37,38,43)/t25-,26-,30-/m0/s1. The Hall–Kier alpha value is -3.44. The Kier molecular flexibility index (Phi) is 19.4. The molecule has 48 heavy (non-hydrogen) atoms. The molecule has 0 radical (unpaired) electrons. The quantitative estimate of drug-likeness (QED) is 0.0566. The van der Waals surface area contributed by atoms with Crippen LogP contribution >= 0.6 is 11.8 Å². The van der Waals surface area contributed by atoms with E-state index in [-0.39, 0.29) is 74.8 Å². The fourth-order valence-electron chi connectivity index (χ4n) is 4.97. The molecule has 2 aliphatic heterocycles. The molecule has 3 atom stereocenters. The number of rotatable bonds is 26. The lowest BCUT2D eigenvalue weighted by Crippen LogP contribution is -2.36. The van der Waals surface area contributed by atoms with Crippen LogP contribution in [-0.2, 0) is 33.3 Å². The van der Waals surface area contributed by atoms with Gasteiger partial charge in [-0.1, -0.05) is 24.6 Å². The van der Waals surface area contributed by atoms with Crippen LogP contribution in [0, 0.1) is 0 Å². The van der Waals surface area contributed by atoms with Crippen LogP contribution < -0.4 is 31.9 Å². The minimum absolute atomic E-state index is 0.00534. The van der Waals surface area contributed by atoms with Gasteiger partial charge in [0.2, 0.25) is 17.7 Å². The van der Waals surface area contributed by atoms with Gasteiger partial charge in [-0.15, -0.1) is 0 Å². The number of ether oxygens (including phenoxy) is 4. The SMILES string of the molecule is O=C(CCCC[C@@H]1SC[C@@H]2NC(=O)N[C@@H]21)NCCOCCOCC(=O)NCCOCCOCC(=O)NCCCNC(=O)c1ccccc1. The molecule has 6 amide bonds. The number of carbonyl (C=O) groups excluding carboxylic acids is 5. The first-order valence-electron chi connectivity index (χ1n) is 16.6. The summed E-state index contributed by atoms with van der Waals surface area (Å²) in [5, 5.41) is 17.4. The summed E-state index contributed by atoms with van der Waals surface area (Å²) in [6, 6.07) is 9.28. The van der Waals surface area contributed by atoms with Gasteiger partial charge in [0.25, 0.3) is 5.91 Å². The third-order valence-corrected chi connectivity index (χ3v) is 8.93. The number of hydrogen-bond acceptors (Lipinski definition) is 10. The van der Waals surface area contributed by atoms with E-state index in [4.69, 9.17) is 18.9 Å². The van der Waals surface area contributed by atoms with Crippen LogP contribution in [0.15, 0.2) is 30.3 Å². The third-order valence-electron chi connectivity index (χ3n) is 7.43. The summed E-state index contributed by atoms with van der Waals surface area (Å²) in [5.74, 6) is 0.272. The molecule has 1 aromatic rings. The van der Waals surface area contributed by atoms with Gasteiger partial charge in [-0.25, -0.2) is 4.79 Å². The second-order valence-corrected chi connectivity index (χ2v) is 12.5. The highest BCUT2D eigenvalue weighted by Gasteiger charge is 2.42. The normalized spacial score (nSPS) is 18.0. The van der Waals surface area contributed by atoms with Gasteiger partial charge >= 0.3 is 6.03 Å². The number of amides is 6. The number of nitrogens with one attached hydrogen (secondary N) is 6. The molecule has 2 saturated heterocycles. The van der Waals surface area contributed by atoms with Gasteiger partial charge in [0.1, 0.15) is 13.2 Å². The van der Waals surface area contributed by atoms with Gasteiger partial charge in [0.15, 0.2) is 0 Å². The number of fused-ring (bicyclic) bond motifs is 1. The smallest absolute Gasteiger partial charge is 0.315 e. The molecule has 2 aliphatic rings. The van der Waals surface area contributed by atoms with Crippen molar-refractivity contribution in [2.45, 2.75) is 49.4 Å². The Labute approximate surface area is 286 Å². The largest absolute Gasteiger partial charge is 0.377 e. The Morgan fingerprint density at radius 2 is 1.29 bits per heavy atom. The maximum Gasteiger partial charge on any atom is 0.315 e. The van der Waals surface area contributed by atoms with E-state index in [0.29, 0.717) is 69.7 Å². The topological polar surface area (TPSA) is 194 Å². The van der Waals surface area contributed by atoms with Crippen molar-refractivity contribution in [3.05, 3.63) is 35.9 Å². The van der Waals surface area contributed by atoms with Crippen molar-refractivity contribution >= 4 is 41.4 Å². The molecule has 16 heteroatoms. The van der Waals surface area contributed by atoms with Gasteiger partial charge in [-0.2, -0.15) is 11.8 Å². The molecule has 0 saturated carbocycles. The molecule has 268 valence electrons. The number of thioether (sulfide) groups is 1. The molecular weight excluding hydrogens is 644 g/mol. The highest BCUT2D eigenvalue weighted by molar-refractivity contribution is 8.00. The van der Waals surface area contributed by atoms with Gasteiger partial charge in [-0.05, 0) is 31.4 Å². The fourth-order valence-corrected chi connectivity index (χ4v) is 6.51. The number of urea groups is 1. The first-order chi connectivity index (χ1) is 23.4. The van der Waals surface area contributed by atoms with Crippen LogP contribution in [0.2, 0.25) is 0 Å². The molecule has 1 aromatic carbocycles. The number of carbonyl (C=O) groups is 5. The minimum atomic E-state index is -0.269. The predicted octanol–water partition coefficient (Wildman–Crippen LogP) is -0.0527. The maximum absolute atomic E-state index is 12.0. The summed E-state index contributed by atoms with van der Waals surface area (Å²) in [5.41, 5.74) is 0.596. The monoisotopic (exact) mass is 694 g/mol. The van der Waals surface area contributed by atoms with Crippen molar-refractivity contribution in [2.24, 2.45) is 0 Å². The zero-order chi connectivity index (χ0) is 34.2. The fraction of sp³-hybridized carbons (Fsp3) is 0.656. The van der Waals surface area contributed by atoms with E-state index in [0.717, 1.165) is 25.0 Å². The van der Waals surface area contributed by atoms with Crippen LogP contribution in [0.25, 0.3) is 0 Å². The van der Waals surface area contributed by atoms with Gasteiger partial charge < -0.3 is 50.8 Å².